The van der Waals surface area contributed by atoms with E-state index in [4.69, 9.17) is 9.84 Å². The van der Waals surface area contributed by atoms with Gasteiger partial charge in [0, 0.05) is 19.6 Å². The first kappa shape index (κ1) is 13.4. The molecule has 0 aliphatic heterocycles. The molecule has 0 fully saturated rings. The van der Waals surface area contributed by atoms with Gasteiger partial charge in [0.25, 0.3) is 0 Å². The SMILES string of the molecule is CC(C)CCOCCNC(=O)CCO. The number of carbonyl (C=O) groups excluding carboxylic acids is 1. The van der Waals surface area contributed by atoms with Crippen molar-refractivity contribution >= 4 is 5.91 Å². The van der Waals surface area contributed by atoms with Crippen LogP contribution in [0.15, 0.2) is 0 Å². The molecule has 84 valence electrons. The molecule has 0 aromatic carbocycles. The van der Waals surface area contributed by atoms with Crippen LogP contribution in [0.5, 0.6) is 0 Å². The molecule has 14 heavy (non-hydrogen) atoms. The van der Waals surface area contributed by atoms with Crippen molar-refractivity contribution in [3.63, 3.8) is 0 Å². The highest BCUT2D eigenvalue weighted by molar-refractivity contribution is 5.75. The molecule has 0 bridgehead atoms. The summed E-state index contributed by atoms with van der Waals surface area (Å²) in [5, 5.41) is 11.1. The third-order valence-corrected chi connectivity index (χ3v) is 1.75. The van der Waals surface area contributed by atoms with Gasteiger partial charge in [0.05, 0.1) is 13.2 Å². The first-order chi connectivity index (χ1) is 6.66. The zero-order chi connectivity index (χ0) is 10.8. The van der Waals surface area contributed by atoms with Crippen LogP contribution in [0.25, 0.3) is 0 Å². The molecule has 0 rings (SSSR count). The van der Waals surface area contributed by atoms with Crippen molar-refractivity contribution in [2.75, 3.05) is 26.4 Å². The number of aliphatic hydroxyl groups is 1. The van der Waals surface area contributed by atoms with E-state index in [0.29, 0.717) is 19.1 Å². The molecule has 0 saturated heterocycles. The quantitative estimate of drug-likeness (QED) is 0.566. The second-order valence-corrected chi connectivity index (χ2v) is 3.62. The molecule has 0 aromatic heterocycles. The Morgan fingerprint density at radius 1 is 1.43 bits per heavy atom. The van der Waals surface area contributed by atoms with Crippen LogP contribution in [0.4, 0.5) is 0 Å². The molecule has 0 aliphatic carbocycles. The van der Waals surface area contributed by atoms with Gasteiger partial charge in [-0.2, -0.15) is 0 Å². The molecule has 1 amide bonds. The number of aliphatic hydroxyl groups excluding tert-OH is 1. The summed E-state index contributed by atoms with van der Waals surface area (Å²) in [6.07, 6.45) is 1.22. The third-order valence-electron chi connectivity index (χ3n) is 1.75. The number of ether oxygens (including phenoxy) is 1. The van der Waals surface area contributed by atoms with Crippen LogP contribution in [-0.2, 0) is 9.53 Å². The predicted molar refractivity (Wildman–Crippen MR) is 55.0 cm³/mol. The standard InChI is InChI=1S/C10H21NO3/c1-9(2)4-7-14-8-5-11-10(13)3-6-12/h9,12H,3-8H2,1-2H3,(H,11,13). The van der Waals surface area contributed by atoms with Gasteiger partial charge in [-0.3, -0.25) is 4.79 Å². The van der Waals surface area contributed by atoms with Crippen LogP contribution in [0.3, 0.4) is 0 Å². The Kier molecular flexibility index (Phi) is 8.57. The molecule has 4 heteroatoms. The zero-order valence-corrected chi connectivity index (χ0v) is 9.08. The van der Waals surface area contributed by atoms with Crippen molar-refractivity contribution in [1.82, 2.24) is 5.32 Å². The molecule has 4 nitrogen and oxygen atoms in total. The van der Waals surface area contributed by atoms with Gasteiger partial charge in [-0.05, 0) is 12.3 Å². The fourth-order valence-corrected chi connectivity index (χ4v) is 0.874. The monoisotopic (exact) mass is 203 g/mol. The fourth-order valence-electron chi connectivity index (χ4n) is 0.874. The van der Waals surface area contributed by atoms with Crippen LogP contribution in [-0.4, -0.2) is 37.4 Å². The summed E-state index contributed by atoms with van der Waals surface area (Å²) in [6, 6.07) is 0. The van der Waals surface area contributed by atoms with Crippen molar-refractivity contribution in [3.8, 4) is 0 Å². The number of nitrogens with one attached hydrogen (secondary N) is 1. The summed E-state index contributed by atoms with van der Waals surface area (Å²) in [5.74, 6) is 0.527. The van der Waals surface area contributed by atoms with E-state index in [-0.39, 0.29) is 18.9 Å². The van der Waals surface area contributed by atoms with Crippen LogP contribution < -0.4 is 5.32 Å². The summed E-state index contributed by atoms with van der Waals surface area (Å²) in [6.45, 7) is 6.01. The van der Waals surface area contributed by atoms with Crippen molar-refractivity contribution in [2.24, 2.45) is 5.92 Å². The number of carbonyl (C=O) groups is 1. The Morgan fingerprint density at radius 2 is 2.14 bits per heavy atom. The number of rotatable bonds is 8. The zero-order valence-electron chi connectivity index (χ0n) is 9.08. The highest BCUT2D eigenvalue weighted by atomic mass is 16.5. The molecule has 2 N–H and O–H groups in total. The van der Waals surface area contributed by atoms with Gasteiger partial charge >= 0.3 is 0 Å². The lowest BCUT2D eigenvalue weighted by Gasteiger charge is -2.07. The molecule has 0 saturated carbocycles. The Morgan fingerprint density at radius 3 is 2.71 bits per heavy atom. The van der Waals surface area contributed by atoms with Gasteiger partial charge in [0.2, 0.25) is 5.91 Å². The van der Waals surface area contributed by atoms with Crippen LogP contribution >= 0.6 is 0 Å². The maximum atomic E-state index is 10.9. The molecule has 0 aliphatic rings. The highest BCUT2D eigenvalue weighted by Gasteiger charge is 1.98. The maximum absolute atomic E-state index is 10.9. The van der Waals surface area contributed by atoms with E-state index in [0.717, 1.165) is 13.0 Å². The smallest absolute Gasteiger partial charge is 0.222 e. The molecule has 0 radical (unpaired) electrons. The van der Waals surface area contributed by atoms with Gasteiger partial charge in [-0.15, -0.1) is 0 Å². The van der Waals surface area contributed by atoms with Crippen LogP contribution in [0.2, 0.25) is 0 Å². The van der Waals surface area contributed by atoms with E-state index in [1.54, 1.807) is 0 Å². The second-order valence-electron chi connectivity index (χ2n) is 3.62. The lowest BCUT2D eigenvalue weighted by atomic mass is 10.1. The Bertz CT molecular complexity index is 148. The molecule has 0 heterocycles. The largest absolute Gasteiger partial charge is 0.396 e. The number of amides is 1. The summed E-state index contributed by atoms with van der Waals surface area (Å²) >= 11 is 0. The van der Waals surface area contributed by atoms with Crippen LogP contribution in [0, 0.1) is 5.92 Å². The first-order valence-electron chi connectivity index (χ1n) is 5.12. The van der Waals surface area contributed by atoms with Crippen molar-refractivity contribution in [1.29, 1.82) is 0 Å². The minimum Gasteiger partial charge on any atom is -0.396 e. The third kappa shape index (κ3) is 9.48. The van der Waals surface area contributed by atoms with Gasteiger partial charge < -0.3 is 15.2 Å². The summed E-state index contributed by atoms with van der Waals surface area (Å²) in [5.41, 5.74) is 0. The lowest BCUT2D eigenvalue weighted by molar-refractivity contribution is -0.121. The molecule has 0 atom stereocenters. The van der Waals surface area contributed by atoms with E-state index in [1.165, 1.54) is 0 Å². The summed E-state index contributed by atoms with van der Waals surface area (Å²) in [7, 11) is 0. The van der Waals surface area contributed by atoms with E-state index >= 15 is 0 Å². The van der Waals surface area contributed by atoms with Gasteiger partial charge in [0.1, 0.15) is 0 Å². The minimum atomic E-state index is -0.125. The van der Waals surface area contributed by atoms with Crippen molar-refractivity contribution < 1.29 is 14.6 Å². The van der Waals surface area contributed by atoms with Crippen molar-refractivity contribution in [2.45, 2.75) is 26.7 Å². The summed E-state index contributed by atoms with van der Waals surface area (Å²) in [4.78, 5) is 10.9. The fraction of sp³-hybridized carbons (Fsp3) is 0.900. The minimum absolute atomic E-state index is 0.0972. The first-order valence-corrected chi connectivity index (χ1v) is 5.12. The van der Waals surface area contributed by atoms with Gasteiger partial charge in [-0.1, -0.05) is 13.8 Å². The number of hydrogen-bond donors (Lipinski definition) is 2. The van der Waals surface area contributed by atoms with Crippen molar-refractivity contribution in [3.05, 3.63) is 0 Å². The molecule has 0 aromatic rings. The Hall–Kier alpha value is -0.610. The van der Waals surface area contributed by atoms with E-state index in [1.807, 2.05) is 0 Å². The second kappa shape index (κ2) is 8.97. The molecule has 0 unspecified atom stereocenters. The molecule has 0 spiro atoms. The van der Waals surface area contributed by atoms with E-state index in [2.05, 4.69) is 19.2 Å². The predicted octanol–water partition coefficient (Wildman–Crippen LogP) is 0.548. The molecular weight excluding hydrogens is 182 g/mol. The van der Waals surface area contributed by atoms with Crippen LogP contribution in [0.1, 0.15) is 26.7 Å². The highest BCUT2D eigenvalue weighted by Crippen LogP contribution is 1.98. The Balaban J connectivity index is 3.09. The van der Waals surface area contributed by atoms with Gasteiger partial charge in [0.15, 0.2) is 0 Å². The summed E-state index contributed by atoms with van der Waals surface area (Å²) < 4.78 is 5.30. The van der Waals surface area contributed by atoms with E-state index < -0.39 is 0 Å². The van der Waals surface area contributed by atoms with E-state index in [9.17, 15) is 4.79 Å². The number of hydrogen-bond acceptors (Lipinski definition) is 3. The lowest BCUT2D eigenvalue weighted by Crippen LogP contribution is -2.27. The normalized spacial score (nSPS) is 10.6. The maximum Gasteiger partial charge on any atom is 0.222 e. The average molecular weight is 203 g/mol. The Labute approximate surface area is 85.6 Å². The molecular formula is C10H21NO3. The average Bonchev–Trinajstić information content (AvgIpc) is 2.11. The van der Waals surface area contributed by atoms with Gasteiger partial charge in [-0.25, -0.2) is 0 Å². The topological polar surface area (TPSA) is 58.6 Å².